The monoisotopic (exact) mass is 431 g/mol. The van der Waals surface area contributed by atoms with Crippen molar-refractivity contribution in [1.82, 2.24) is 14.8 Å². The van der Waals surface area contributed by atoms with E-state index in [1.807, 2.05) is 4.90 Å². The highest BCUT2D eigenvalue weighted by Gasteiger charge is 2.30. The van der Waals surface area contributed by atoms with E-state index < -0.39 is 17.5 Å². The Labute approximate surface area is 168 Å². The van der Waals surface area contributed by atoms with E-state index in [2.05, 4.69) is 4.98 Å². The molecule has 1 saturated heterocycles. The van der Waals surface area contributed by atoms with E-state index >= 15 is 0 Å². The van der Waals surface area contributed by atoms with Crippen molar-refractivity contribution in [2.45, 2.75) is 23.5 Å². The van der Waals surface area contributed by atoms with Crippen LogP contribution in [0.2, 0.25) is 0 Å². The first-order chi connectivity index (χ1) is 13.7. The fraction of sp³-hybridized carbons (Fsp3) is 0.368. The highest BCUT2D eigenvalue weighted by atomic mass is 32.2. The summed E-state index contributed by atoms with van der Waals surface area (Å²) in [5, 5.41) is -0.000293. The maximum Gasteiger partial charge on any atom is 0.416 e. The number of benzene rings is 1. The maximum absolute atomic E-state index is 12.7. The average molecular weight is 431 g/mol. The van der Waals surface area contributed by atoms with Crippen molar-refractivity contribution in [3.63, 3.8) is 0 Å². The summed E-state index contributed by atoms with van der Waals surface area (Å²) >= 11 is 0.240. The number of nitrogens with zero attached hydrogens (tertiary/aromatic N) is 3. The second kappa shape index (κ2) is 9.08. The molecule has 0 radical (unpaired) electrons. The Kier molecular flexibility index (Phi) is 6.74. The number of hydrogen-bond acceptors (Lipinski definition) is 4. The fourth-order valence-electron chi connectivity index (χ4n) is 3.07. The minimum atomic E-state index is -4.36. The highest BCUT2D eigenvalue weighted by Crippen LogP contribution is 2.29. The van der Waals surface area contributed by atoms with Crippen molar-refractivity contribution < 1.29 is 26.7 Å². The SMILES string of the molecule is O=C(c1cccnc1SC(F)F)N1CCN(Cc2ccc(C(F)(F)F)cc2)CC1. The summed E-state index contributed by atoms with van der Waals surface area (Å²) in [7, 11) is 0. The van der Waals surface area contributed by atoms with Gasteiger partial charge in [-0.25, -0.2) is 4.98 Å². The van der Waals surface area contributed by atoms with Crippen molar-refractivity contribution >= 4 is 17.7 Å². The number of pyridine rings is 1. The topological polar surface area (TPSA) is 36.4 Å². The van der Waals surface area contributed by atoms with Gasteiger partial charge in [-0.3, -0.25) is 9.69 Å². The molecule has 0 bridgehead atoms. The van der Waals surface area contributed by atoms with Crippen molar-refractivity contribution in [2.24, 2.45) is 0 Å². The Morgan fingerprint density at radius 1 is 1.07 bits per heavy atom. The largest absolute Gasteiger partial charge is 0.416 e. The van der Waals surface area contributed by atoms with Crippen molar-refractivity contribution in [3.05, 3.63) is 59.3 Å². The Morgan fingerprint density at radius 3 is 2.31 bits per heavy atom. The van der Waals surface area contributed by atoms with Crippen LogP contribution in [0.5, 0.6) is 0 Å². The van der Waals surface area contributed by atoms with Crippen LogP contribution < -0.4 is 0 Å². The molecule has 29 heavy (non-hydrogen) atoms. The molecular weight excluding hydrogens is 413 g/mol. The minimum Gasteiger partial charge on any atom is -0.336 e. The second-order valence-corrected chi connectivity index (χ2v) is 7.48. The van der Waals surface area contributed by atoms with Gasteiger partial charge in [-0.05, 0) is 41.6 Å². The number of piperazine rings is 1. The van der Waals surface area contributed by atoms with Gasteiger partial charge in [0.15, 0.2) is 0 Å². The summed E-state index contributed by atoms with van der Waals surface area (Å²) in [5.41, 5.74) is 0.209. The lowest BCUT2D eigenvalue weighted by Crippen LogP contribution is -2.48. The Balaban J connectivity index is 1.57. The van der Waals surface area contributed by atoms with Gasteiger partial charge in [0, 0.05) is 38.9 Å². The van der Waals surface area contributed by atoms with Crippen LogP contribution in [0.4, 0.5) is 22.0 Å². The number of alkyl halides is 5. The van der Waals surface area contributed by atoms with Crippen LogP contribution in [0.25, 0.3) is 0 Å². The van der Waals surface area contributed by atoms with Crippen molar-refractivity contribution in [2.75, 3.05) is 26.2 Å². The van der Waals surface area contributed by atoms with Crippen LogP contribution in [-0.4, -0.2) is 52.6 Å². The number of aromatic nitrogens is 1. The van der Waals surface area contributed by atoms with E-state index in [9.17, 15) is 26.7 Å². The first-order valence-electron chi connectivity index (χ1n) is 8.81. The second-order valence-electron chi connectivity index (χ2n) is 6.50. The molecule has 2 heterocycles. The van der Waals surface area contributed by atoms with Gasteiger partial charge in [0.1, 0.15) is 5.03 Å². The van der Waals surface area contributed by atoms with Gasteiger partial charge in [0.25, 0.3) is 11.7 Å². The Bertz CT molecular complexity index is 836. The van der Waals surface area contributed by atoms with E-state index in [-0.39, 0.29) is 28.3 Å². The molecule has 1 amide bonds. The Hall–Kier alpha value is -2.20. The van der Waals surface area contributed by atoms with E-state index in [0.29, 0.717) is 32.7 Å². The van der Waals surface area contributed by atoms with Crippen LogP contribution in [0, 0.1) is 0 Å². The number of amides is 1. The lowest BCUT2D eigenvalue weighted by Gasteiger charge is -2.35. The van der Waals surface area contributed by atoms with E-state index in [1.54, 1.807) is 4.90 Å². The molecule has 0 N–H and O–H groups in total. The molecule has 0 saturated carbocycles. The van der Waals surface area contributed by atoms with Gasteiger partial charge >= 0.3 is 6.18 Å². The Morgan fingerprint density at radius 2 is 1.72 bits per heavy atom. The van der Waals surface area contributed by atoms with Crippen molar-refractivity contribution in [1.29, 1.82) is 0 Å². The smallest absolute Gasteiger partial charge is 0.336 e. The van der Waals surface area contributed by atoms with Crippen molar-refractivity contribution in [3.8, 4) is 0 Å². The summed E-state index contributed by atoms with van der Waals surface area (Å²) in [5.74, 6) is -3.02. The lowest BCUT2D eigenvalue weighted by molar-refractivity contribution is -0.137. The number of halogens is 5. The lowest BCUT2D eigenvalue weighted by atomic mass is 10.1. The van der Waals surface area contributed by atoms with Gasteiger partial charge in [-0.2, -0.15) is 22.0 Å². The number of carbonyl (C=O) groups is 1. The molecule has 2 aromatic rings. The predicted octanol–water partition coefficient (Wildman–Crippen LogP) is 4.37. The van der Waals surface area contributed by atoms with Crippen LogP contribution in [0.3, 0.4) is 0 Å². The summed E-state index contributed by atoms with van der Waals surface area (Å²) < 4.78 is 63.3. The zero-order valence-electron chi connectivity index (χ0n) is 15.2. The molecule has 0 spiro atoms. The van der Waals surface area contributed by atoms with Crippen LogP contribution in [0.1, 0.15) is 21.5 Å². The van der Waals surface area contributed by atoms with Crippen LogP contribution >= 0.6 is 11.8 Å². The molecule has 0 unspecified atom stereocenters. The first-order valence-corrected chi connectivity index (χ1v) is 9.69. The summed E-state index contributed by atoms with van der Waals surface area (Å²) in [4.78, 5) is 20.2. The number of carbonyl (C=O) groups excluding carboxylic acids is 1. The first kappa shape index (κ1) is 21.5. The summed E-state index contributed by atoms with van der Waals surface area (Å²) in [6.07, 6.45) is -3.00. The van der Waals surface area contributed by atoms with E-state index in [1.165, 1.54) is 30.5 Å². The number of rotatable bonds is 5. The standard InChI is InChI=1S/C19H18F5N3OS/c20-18(21)29-16-15(2-1-7-25-16)17(28)27-10-8-26(9-11-27)12-13-3-5-14(6-4-13)19(22,23)24/h1-7,18H,8-12H2. The summed E-state index contributed by atoms with van der Waals surface area (Å²) in [6.45, 7) is 2.33. The maximum atomic E-state index is 12.7. The highest BCUT2D eigenvalue weighted by molar-refractivity contribution is 7.99. The van der Waals surface area contributed by atoms with E-state index in [4.69, 9.17) is 0 Å². The summed E-state index contributed by atoms with van der Waals surface area (Å²) in [6, 6.07) is 8.02. The van der Waals surface area contributed by atoms with Gasteiger partial charge in [-0.15, -0.1) is 0 Å². The molecule has 4 nitrogen and oxygen atoms in total. The van der Waals surface area contributed by atoms with Gasteiger partial charge < -0.3 is 4.90 Å². The van der Waals surface area contributed by atoms with E-state index in [0.717, 1.165) is 17.7 Å². The van der Waals surface area contributed by atoms with Gasteiger partial charge in [-0.1, -0.05) is 12.1 Å². The molecular formula is C19H18F5N3OS. The molecule has 1 aliphatic heterocycles. The third kappa shape index (κ3) is 5.66. The quantitative estimate of drug-likeness (QED) is 0.520. The molecule has 10 heteroatoms. The normalized spacial score (nSPS) is 15.7. The number of thioether (sulfide) groups is 1. The molecule has 1 fully saturated rings. The van der Waals surface area contributed by atoms with Gasteiger partial charge in [0.05, 0.1) is 11.1 Å². The molecule has 1 aliphatic rings. The fourth-order valence-corrected chi connectivity index (χ4v) is 3.64. The third-order valence-electron chi connectivity index (χ3n) is 4.55. The third-order valence-corrected chi connectivity index (χ3v) is 5.28. The zero-order valence-corrected chi connectivity index (χ0v) is 16.0. The predicted molar refractivity (Wildman–Crippen MR) is 98.7 cm³/mol. The number of hydrogen-bond donors (Lipinski definition) is 0. The van der Waals surface area contributed by atoms with Gasteiger partial charge in [0.2, 0.25) is 0 Å². The minimum absolute atomic E-state index is 0.000293. The van der Waals surface area contributed by atoms with Crippen LogP contribution in [0.15, 0.2) is 47.6 Å². The molecule has 0 aliphatic carbocycles. The molecule has 3 rings (SSSR count). The zero-order chi connectivity index (χ0) is 21.0. The molecule has 0 atom stereocenters. The van der Waals surface area contributed by atoms with Crippen LogP contribution in [-0.2, 0) is 12.7 Å². The molecule has 156 valence electrons. The molecule has 1 aromatic carbocycles. The average Bonchev–Trinajstić information content (AvgIpc) is 2.68. The molecule has 1 aromatic heterocycles.